The van der Waals surface area contributed by atoms with Gasteiger partial charge in [-0.2, -0.15) is 0 Å². The number of hydrogen-bond donors (Lipinski definition) is 2. The average molecular weight is 208 g/mol. The molecule has 0 spiro atoms. The highest BCUT2D eigenvalue weighted by Gasteiger charge is 2.37. The molecule has 5 heteroatoms. The molecule has 0 aliphatic carbocycles. The van der Waals surface area contributed by atoms with Crippen molar-refractivity contribution < 1.29 is 8.42 Å². The second kappa shape index (κ2) is 4.39. The standard InChI is InChI=1S/C8H20N2O2S/c1-5-6-7(10-9)8(2,3)13(4,11)12/h7,10H,5-6,9H2,1-4H3. The number of nitrogens with two attached hydrogens (primary N) is 1. The molecule has 3 N–H and O–H groups in total. The van der Waals surface area contributed by atoms with Crippen molar-refractivity contribution in [3.63, 3.8) is 0 Å². The van der Waals surface area contributed by atoms with E-state index in [1.165, 1.54) is 6.26 Å². The summed E-state index contributed by atoms with van der Waals surface area (Å²) in [4.78, 5) is 0. The first-order valence-corrected chi connectivity index (χ1v) is 6.32. The van der Waals surface area contributed by atoms with Gasteiger partial charge in [-0.15, -0.1) is 0 Å². The van der Waals surface area contributed by atoms with Crippen molar-refractivity contribution in [3.05, 3.63) is 0 Å². The van der Waals surface area contributed by atoms with Crippen molar-refractivity contribution in [2.24, 2.45) is 5.84 Å². The molecule has 80 valence electrons. The summed E-state index contributed by atoms with van der Waals surface area (Å²) in [5, 5.41) is 0. The van der Waals surface area contributed by atoms with Gasteiger partial charge in [0.25, 0.3) is 0 Å². The van der Waals surface area contributed by atoms with Crippen molar-refractivity contribution in [1.82, 2.24) is 5.43 Å². The molecule has 0 amide bonds. The zero-order valence-electron chi connectivity index (χ0n) is 8.79. The Kier molecular flexibility index (Phi) is 4.35. The van der Waals surface area contributed by atoms with Crippen LogP contribution in [-0.4, -0.2) is 25.5 Å². The Morgan fingerprint density at radius 1 is 1.46 bits per heavy atom. The summed E-state index contributed by atoms with van der Waals surface area (Å²) in [5.41, 5.74) is 2.57. The van der Waals surface area contributed by atoms with Gasteiger partial charge in [-0.05, 0) is 20.3 Å². The highest BCUT2D eigenvalue weighted by atomic mass is 32.2. The first kappa shape index (κ1) is 12.9. The normalized spacial score (nSPS) is 15.8. The number of sulfone groups is 1. The van der Waals surface area contributed by atoms with Crippen molar-refractivity contribution in [3.8, 4) is 0 Å². The van der Waals surface area contributed by atoms with Crippen molar-refractivity contribution in [1.29, 1.82) is 0 Å². The lowest BCUT2D eigenvalue weighted by molar-refractivity contribution is 0.391. The Bertz CT molecular complexity index is 247. The lowest BCUT2D eigenvalue weighted by atomic mass is 9.99. The minimum Gasteiger partial charge on any atom is -0.271 e. The van der Waals surface area contributed by atoms with Crippen LogP contribution in [0.2, 0.25) is 0 Å². The van der Waals surface area contributed by atoms with Crippen LogP contribution >= 0.6 is 0 Å². The van der Waals surface area contributed by atoms with Crippen molar-refractivity contribution >= 4 is 9.84 Å². The van der Waals surface area contributed by atoms with Gasteiger partial charge in [0, 0.05) is 12.3 Å². The topological polar surface area (TPSA) is 72.2 Å². The number of rotatable bonds is 5. The molecule has 0 saturated heterocycles. The van der Waals surface area contributed by atoms with Crippen molar-refractivity contribution in [2.75, 3.05) is 6.26 Å². The van der Waals surface area contributed by atoms with Gasteiger partial charge in [0.15, 0.2) is 9.84 Å². The minimum atomic E-state index is -3.08. The van der Waals surface area contributed by atoms with Gasteiger partial charge in [0.05, 0.1) is 4.75 Å². The van der Waals surface area contributed by atoms with Crippen LogP contribution in [0.3, 0.4) is 0 Å². The lowest BCUT2D eigenvalue weighted by Gasteiger charge is -2.31. The predicted octanol–water partition coefficient (Wildman–Crippen LogP) is 0.442. The van der Waals surface area contributed by atoms with E-state index in [0.717, 1.165) is 12.8 Å². The highest BCUT2D eigenvalue weighted by molar-refractivity contribution is 7.92. The molecule has 0 radical (unpaired) electrons. The molecule has 1 atom stereocenters. The Morgan fingerprint density at radius 3 is 2.15 bits per heavy atom. The third-order valence-corrected chi connectivity index (χ3v) is 4.77. The van der Waals surface area contributed by atoms with E-state index in [-0.39, 0.29) is 6.04 Å². The molecule has 0 aromatic carbocycles. The van der Waals surface area contributed by atoms with Gasteiger partial charge in [-0.3, -0.25) is 11.3 Å². The van der Waals surface area contributed by atoms with Crippen LogP contribution in [0.4, 0.5) is 0 Å². The maximum atomic E-state index is 11.4. The first-order chi connectivity index (χ1) is 5.77. The second-order valence-corrected chi connectivity index (χ2v) is 6.48. The number of hydrogen-bond acceptors (Lipinski definition) is 4. The molecule has 0 rings (SSSR count). The van der Waals surface area contributed by atoms with E-state index >= 15 is 0 Å². The Hall–Kier alpha value is -0.130. The second-order valence-electron chi connectivity index (χ2n) is 3.88. The van der Waals surface area contributed by atoms with Gasteiger partial charge >= 0.3 is 0 Å². The monoisotopic (exact) mass is 208 g/mol. The first-order valence-electron chi connectivity index (χ1n) is 4.43. The van der Waals surface area contributed by atoms with Crippen LogP contribution in [-0.2, 0) is 9.84 Å². The minimum absolute atomic E-state index is 0.188. The van der Waals surface area contributed by atoms with E-state index in [0.29, 0.717) is 0 Å². The molecule has 13 heavy (non-hydrogen) atoms. The van der Waals surface area contributed by atoms with Gasteiger partial charge < -0.3 is 0 Å². The third-order valence-electron chi connectivity index (χ3n) is 2.57. The Morgan fingerprint density at radius 2 is 1.92 bits per heavy atom. The highest BCUT2D eigenvalue weighted by Crippen LogP contribution is 2.22. The van der Waals surface area contributed by atoms with Gasteiger partial charge in [0.1, 0.15) is 0 Å². The summed E-state index contributed by atoms with van der Waals surface area (Å²) in [5.74, 6) is 5.33. The molecule has 0 bridgehead atoms. The van der Waals surface area contributed by atoms with Crippen LogP contribution in [0.15, 0.2) is 0 Å². The maximum Gasteiger partial charge on any atom is 0.154 e. The summed E-state index contributed by atoms with van der Waals surface area (Å²) in [7, 11) is -3.08. The summed E-state index contributed by atoms with van der Waals surface area (Å²) >= 11 is 0. The zero-order chi connectivity index (χ0) is 10.7. The van der Waals surface area contributed by atoms with E-state index in [1.807, 2.05) is 6.92 Å². The van der Waals surface area contributed by atoms with Crippen LogP contribution in [0.5, 0.6) is 0 Å². The zero-order valence-corrected chi connectivity index (χ0v) is 9.61. The van der Waals surface area contributed by atoms with E-state index < -0.39 is 14.6 Å². The van der Waals surface area contributed by atoms with E-state index in [9.17, 15) is 8.42 Å². The van der Waals surface area contributed by atoms with Crippen LogP contribution in [0, 0.1) is 0 Å². The summed E-state index contributed by atoms with van der Waals surface area (Å²) in [6.07, 6.45) is 2.91. The van der Waals surface area contributed by atoms with Gasteiger partial charge in [-0.1, -0.05) is 13.3 Å². The van der Waals surface area contributed by atoms with E-state index in [1.54, 1.807) is 13.8 Å². The average Bonchev–Trinajstić information content (AvgIpc) is 1.97. The summed E-state index contributed by atoms with van der Waals surface area (Å²) in [6, 6.07) is -0.188. The predicted molar refractivity (Wildman–Crippen MR) is 54.9 cm³/mol. The molecule has 0 aliphatic heterocycles. The molecule has 1 unspecified atom stereocenters. The number of hydrazine groups is 1. The Labute approximate surface area is 80.8 Å². The fourth-order valence-corrected chi connectivity index (χ4v) is 1.88. The number of nitrogens with one attached hydrogen (secondary N) is 1. The molecular formula is C8H20N2O2S. The molecule has 4 nitrogen and oxygen atoms in total. The van der Waals surface area contributed by atoms with Crippen molar-refractivity contribution in [2.45, 2.75) is 44.4 Å². The Balaban J connectivity index is 4.78. The van der Waals surface area contributed by atoms with Crippen LogP contribution in [0.1, 0.15) is 33.6 Å². The maximum absolute atomic E-state index is 11.4. The third kappa shape index (κ3) is 2.93. The van der Waals surface area contributed by atoms with E-state index in [4.69, 9.17) is 5.84 Å². The molecule has 0 aromatic rings. The molecular weight excluding hydrogens is 188 g/mol. The molecule has 0 aromatic heterocycles. The molecule has 0 fully saturated rings. The van der Waals surface area contributed by atoms with Gasteiger partial charge in [-0.25, -0.2) is 8.42 Å². The van der Waals surface area contributed by atoms with E-state index in [2.05, 4.69) is 5.43 Å². The van der Waals surface area contributed by atoms with Crippen LogP contribution < -0.4 is 11.3 Å². The molecule has 0 saturated carbocycles. The van der Waals surface area contributed by atoms with Crippen LogP contribution in [0.25, 0.3) is 0 Å². The largest absolute Gasteiger partial charge is 0.271 e. The fraction of sp³-hybridized carbons (Fsp3) is 1.00. The summed E-state index contributed by atoms with van der Waals surface area (Å²) < 4.78 is 22.1. The lowest BCUT2D eigenvalue weighted by Crippen LogP contribution is -2.53. The molecule has 0 heterocycles. The smallest absolute Gasteiger partial charge is 0.154 e. The SMILES string of the molecule is CCCC(NN)C(C)(C)S(C)(=O)=O. The fourth-order valence-electron chi connectivity index (χ4n) is 1.18. The molecule has 0 aliphatic rings. The quantitative estimate of drug-likeness (QED) is 0.508. The summed E-state index contributed by atoms with van der Waals surface area (Å²) in [6.45, 7) is 5.40. The van der Waals surface area contributed by atoms with Gasteiger partial charge in [0.2, 0.25) is 0 Å².